The van der Waals surface area contributed by atoms with Crippen LogP contribution in [0, 0.1) is 0 Å². The number of ether oxygens (including phenoxy) is 4. The lowest BCUT2D eigenvalue weighted by molar-refractivity contribution is -0.140. The Morgan fingerprint density at radius 2 is 1.56 bits per heavy atom. The van der Waals surface area contributed by atoms with Crippen LogP contribution < -0.4 is 15.0 Å². The van der Waals surface area contributed by atoms with E-state index in [0.717, 1.165) is 0 Å². The summed E-state index contributed by atoms with van der Waals surface area (Å²) >= 11 is 0. The molecule has 1 aromatic rings. The predicted molar refractivity (Wildman–Crippen MR) is 99.1 cm³/mol. The van der Waals surface area contributed by atoms with Crippen molar-refractivity contribution in [2.75, 3.05) is 51.2 Å². The summed E-state index contributed by atoms with van der Waals surface area (Å²) in [5.74, 6) is -0.192. The molecule has 0 atom stereocenters. The van der Waals surface area contributed by atoms with Gasteiger partial charge in [-0.25, -0.2) is 4.79 Å². The zero-order valence-corrected chi connectivity index (χ0v) is 16.1. The van der Waals surface area contributed by atoms with Crippen molar-refractivity contribution >= 4 is 29.4 Å². The monoisotopic (exact) mass is 382 g/mol. The van der Waals surface area contributed by atoms with Crippen LogP contribution in [0.5, 0.6) is 5.75 Å². The zero-order valence-electron chi connectivity index (χ0n) is 16.1. The molecule has 1 amide bonds. The molecule has 27 heavy (non-hydrogen) atoms. The molecule has 0 aliphatic rings. The van der Waals surface area contributed by atoms with E-state index in [4.69, 9.17) is 4.74 Å². The number of anilines is 2. The Labute approximate surface area is 158 Å². The van der Waals surface area contributed by atoms with Gasteiger partial charge in [-0.05, 0) is 25.1 Å². The first-order valence-corrected chi connectivity index (χ1v) is 8.45. The third-order valence-corrected chi connectivity index (χ3v) is 3.66. The lowest BCUT2D eigenvalue weighted by atomic mass is 10.2. The average molecular weight is 382 g/mol. The van der Waals surface area contributed by atoms with Crippen molar-refractivity contribution in [3.63, 3.8) is 0 Å². The van der Waals surface area contributed by atoms with Crippen molar-refractivity contribution < 1.29 is 33.3 Å². The zero-order chi connectivity index (χ0) is 20.2. The minimum atomic E-state index is -0.610. The summed E-state index contributed by atoms with van der Waals surface area (Å²) in [6, 6.07) is 5.06. The first kappa shape index (κ1) is 22.1. The van der Waals surface area contributed by atoms with Crippen LogP contribution >= 0.6 is 0 Å². The highest BCUT2D eigenvalue weighted by molar-refractivity contribution is 5.86. The standard InChI is InChI=1S/C18H26N2O7/c1-5-27-15-7-6-13(19-18(23)26-4)12-14(15)20(10-8-16(21)24-2)11-9-17(22)25-3/h6-7,12H,5,8-11H2,1-4H3,(H,19,23). The molecular weight excluding hydrogens is 356 g/mol. The number of benzene rings is 1. The summed E-state index contributed by atoms with van der Waals surface area (Å²) in [5, 5.41) is 2.58. The minimum Gasteiger partial charge on any atom is -0.492 e. The molecule has 0 aliphatic carbocycles. The van der Waals surface area contributed by atoms with Gasteiger partial charge in [0.15, 0.2) is 0 Å². The summed E-state index contributed by atoms with van der Waals surface area (Å²) in [6.45, 7) is 2.87. The Morgan fingerprint density at radius 1 is 0.963 bits per heavy atom. The van der Waals surface area contributed by atoms with Gasteiger partial charge in [-0.3, -0.25) is 14.9 Å². The van der Waals surface area contributed by atoms with Gasteiger partial charge in [0.1, 0.15) is 5.75 Å². The number of rotatable bonds is 10. The predicted octanol–water partition coefficient (Wildman–Crippen LogP) is 2.20. The highest BCUT2D eigenvalue weighted by atomic mass is 16.5. The van der Waals surface area contributed by atoms with Gasteiger partial charge in [0.25, 0.3) is 0 Å². The molecule has 9 heteroatoms. The van der Waals surface area contributed by atoms with Gasteiger partial charge in [-0.15, -0.1) is 0 Å². The fourth-order valence-electron chi connectivity index (χ4n) is 2.30. The molecule has 0 bridgehead atoms. The van der Waals surface area contributed by atoms with Crippen LogP contribution in [-0.2, 0) is 23.8 Å². The summed E-state index contributed by atoms with van der Waals surface area (Å²) in [7, 11) is 3.89. The van der Waals surface area contributed by atoms with Crippen LogP contribution in [0.3, 0.4) is 0 Å². The number of methoxy groups -OCH3 is 3. The first-order valence-electron chi connectivity index (χ1n) is 8.45. The van der Waals surface area contributed by atoms with Crippen molar-refractivity contribution in [2.45, 2.75) is 19.8 Å². The van der Waals surface area contributed by atoms with Gasteiger partial charge >= 0.3 is 18.0 Å². The second-order valence-corrected chi connectivity index (χ2v) is 5.37. The molecule has 0 saturated carbocycles. The van der Waals surface area contributed by atoms with Crippen molar-refractivity contribution in [1.82, 2.24) is 0 Å². The average Bonchev–Trinajstić information content (AvgIpc) is 2.68. The third kappa shape index (κ3) is 7.43. The molecule has 150 valence electrons. The maximum absolute atomic E-state index is 11.6. The van der Waals surface area contributed by atoms with E-state index in [-0.39, 0.29) is 24.8 Å². The normalized spacial score (nSPS) is 9.93. The first-order chi connectivity index (χ1) is 12.9. The molecule has 0 unspecified atom stereocenters. The van der Waals surface area contributed by atoms with Crippen LogP contribution in [0.25, 0.3) is 0 Å². The van der Waals surface area contributed by atoms with E-state index < -0.39 is 6.09 Å². The Bertz CT molecular complexity index is 629. The molecule has 0 spiro atoms. The smallest absolute Gasteiger partial charge is 0.411 e. The van der Waals surface area contributed by atoms with Crippen molar-refractivity contribution in [3.8, 4) is 5.75 Å². The second kappa shape index (κ2) is 11.6. The Hall–Kier alpha value is -2.97. The summed E-state index contributed by atoms with van der Waals surface area (Å²) in [4.78, 5) is 36.4. The lowest BCUT2D eigenvalue weighted by Gasteiger charge is -2.26. The van der Waals surface area contributed by atoms with E-state index in [0.29, 0.717) is 36.8 Å². The Kier molecular flexibility index (Phi) is 9.49. The molecule has 9 nitrogen and oxygen atoms in total. The van der Waals surface area contributed by atoms with Crippen LogP contribution in [0.1, 0.15) is 19.8 Å². The SMILES string of the molecule is CCOc1ccc(NC(=O)OC)cc1N(CCC(=O)OC)CCC(=O)OC. The van der Waals surface area contributed by atoms with Crippen molar-refractivity contribution in [1.29, 1.82) is 0 Å². The van der Waals surface area contributed by atoms with Crippen molar-refractivity contribution in [2.24, 2.45) is 0 Å². The van der Waals surface area contributed by atoms with Crippen LogP contribution in [0.2, 0.25) is 0 Å². The third-order valence-electron chi connectivity index (χ3n) is 3.66. The number of nitrogens with one attached hydrogen (secondary N) is 1. The van der Waals surface area contributed by atoms with Gasteiger partial charge in [0.05, 0.1) is 46.5 Å². The van der Waals surface area contributed by atoms with Gasteiger partial charge in [0.2, 0.25) is 0 Å². The van der Waals surface area contributed by atoms with Crippen LogP contribution in [0.15, 0.2) is 18.2 Å². The number of hydrogen-bond acceptors (Lipinski definition) is 8. The van der Waals surface area contributed by atoms with E-state index in [1.165, 1.54) is 21.3 Å². The highest BCUT2D eigenvalue weighted by Crippen LogP contribution is 2.32. The van der Waals surface area contributed by atoms with Gasteiger partial charge in [0, 0.05) is 18.8 Å². The molecular formula is C18H26N2O7. The van der Waals surface area contributed by atoms with Gasteiger partial charge in [-0.2, -0.15) is 0 Å². The van der Waals surface area contributed by atoms with Gasteiger partial charge < -0.3 is 23.8 Å². The largest absolute Gasteiger partial charge is 0.492 e. The maximum Gasteiger partial charge on any atom is 0.411 e. The molecule has 0 heterocycles. The Balaban J connectivity index is 3.15. The number of esters is 2. The van der Waals surface area contributed by atoms with Crippen LogP contribution in [-0.4, -0.2) is 59.1 Å². The van der Waals surface area contributed by atoms with Crippen LogP contribution in [0.4, 0.5) is 16.2 Å². The molecule has 1 aromatic carbocycles. The van der Waals surface area contributed by atoms with E-state index in [9.17, 15) is 14.4 Å². The minimum absolute atomic E-state index is 0.123. The number of carbonyl (C=O) groups excluding carboxylic acids is 3. The summed E-state index contributed by atoms with van der Waals surface area (Å²) in [5.41, 5.74) is 1.11. The molecule has 0 radical (unpaired) electrons. The quantitative estimate of drug-likeness (QED) is 0.485. The highest BCUT2D eigenvalue weighted by Gasteiger charge is 2.17. The fraction of sp³-hybridized carbons (Fsp3) is 0.500. The van der Waals surface area contributed by atoms with E-state index >= 15 is 0 Å². The second-order valence-electron chi connectivity index (χ2n) is 5.37. The molecule has 0 aliphatic heterocycles. The number of carbonyl (C=O) groups is 3. The van der Waals surface area contributed by atoms with Gasteiger partial charge in [-0.1, -0.05) is 0 Å². The maximum atomic E-state index is 11.6. The molecule has 1 N–H and O–H groups in total. The molecule has 0 saturated heterocycles. The summed E-state index contributed by atoms with van der Waals surface area (Å²) < 4.78 is 19.6. The van der Waals surface area contributed by atoms with E-state index in [1.54, 1.807) is 23.1 Å². The molecule has 0 aromatic heterocycles. The Morgan fingerprint density at radius 3 is 2.04 bits per heavy atom. The topological polar surface area (TPSA) is 103 Å². The number of hydrogen-bond donors (Lipinski definition) is 1. The molecule has 1 rings (SSSR count). The fourth-order valence-corrected chi connectivity index (χ4v) is 2.30. The number of amides is 1. The van der Waals surface area contributed by atoms with E-state index in [1.807, 2.05) is 6.92 Å². The number of nitrogens with zero attached hydrogens (tertiary/aromatic N) is 1. The summed E-state index contributed by atoms with van der Waals surface area (Å²) in [6.07, 6.45) is -0.365. The lowest BCUT2D eigenvalue weighted by Crippen LogP contribution is -2.30. The van der Waals surface area contributed by atoms with E-state index in [2.05, 4.69) is 19.5 Å². The molecule has 0 fully saturated rings. The van der Waals surface area contributed by atoms with Crippen molar-refractivity contribution in [3.05, 3.63) is 18.2 Å².